The zero-order chi connectivity index (χ0) is 20.1. The summed E-state index contributed by atoms with van der Waals surface area (Å²) < 4.78 is 0. The quantitative estimate of drug-likeness (QED) is 0.634. The third kappa shape index (κ3) is 4.52. The summed E-state index contributed by atoms with van der Waals surface area (Å²) in [5, 5.41) is 15.9. The van der Waals surface area contributed by atoms with Crippen LogP contribution in [0.2, 0.25) is 0 Å². The first-order valence-electron chi connectivity index (χ1n) is 9.92. The second kappa shape index (κ2) is 9.24. The van der Waals surface area contributed by atoms with Crippen molar-refractivity contribution in [3.05, 3.63) is 65.2 Å². The molecule has 29 heavy (non-hydrogen) atoms. The lowest BCUT2D eigenvalue weighted by Gasteiger charge is -2.36. The largest absolute Gasteiger partial charge is 0.349 e. The first kappa shape index (κ1) is 19.7. The van der Waals surface area contributed by atoms with E-state index in [-0.39, 0.29) is 0 Å². The lowest BCUT2D eigenvalue weighted by Crippen LogP contribution is -2.40. The van der Waals surface area contributed by atoms with Gasteiger partial charge in [-0.2, -0.15) is 5.21 Å². The summed E-state index contributed by atoms with van der Waals surface area (Å²) >= 11 is 1.83. The van der Waals surface area contributed by atoms with E-state index in [9.17, 15) is 0 Å². The van der Waals surface area contributed by atoms with Gasteiger partial charge in [-0.25, -0.2) is 0 Å². The van der Waals surface area contributed by atoms with E-state index in [0.29, 0.717) is 5.82 Å². The minimum absolute atomic E-state index is 0.615. The summed E-state index contributed by atoms with van der Waals surface area (Å²) in [5.74, 6) is 0.615. The van der Waals surface area contributed by atoms with Crippen LogP contribution in [0.25, 0.3) is 22.5 Å². The van der Waals surface area contributed by atoms with Crippen molar-refractivity contribution >= 4 is 11.8 Å². The summed E-state index contributed by atoms with van der Waals surface area (Å²) in [5.41, 5.74) is 4.55. The van der Waals surface area contributed by atoms with Crippen molar-refractivity contribution in [2.45, 2.75) is 19.9 Å². The molecule has 0 radical (unpaired) electrons. The SMILES string of the molecule is CCCN1CC=C(SC)N(Cc2ccc(-c3ccccc3-c3nn[nH]n3)cc2)C1. The van der Waals surface area contributed by atoms with Gasteiger partial charge in [-0.15, -0.1) is 22.0 Å². The Kier molecular flexibility index (Phi) is 6.27. The van der Waals surface area contributed by atoms with Crippen LogP contribution < -0.4 is 0 Å². The Morgan fingerprint density at radius 1 is 1.07 bits per heavy atom. The highest BCUT2D eigenvalue weighted by atomic mass is 32.2. The van der Waals surface area contributed by atoms with Crippen LogP contribution in [0.5, 0.6) is 0 Å². The number of H-pyrrole nitrogens is 1. The molecule has 150 valence electrons. The van der Waals surface area contributed by atoms with E-state index in [1.807, 2.05) is 30.0 Å². The Hall–Kier alpha value is -2.64. The molecule has 1 N–H and O–H groups in total. The van der Waals surface area contributed by atoms with Crippen molar-refractivity contribution in [3.63, 3.8) is 0 Å². The first-order valence-corrected chi connectivity index (χ1v) is 11.1. The minimum Gasteiger partial charge on any atom is -0.349 e. The number of hydrogen-bond donors (Lipinski definition) is 1. The fourth-order valence-corrected chi connectivity index (χ4v) is 4.36. The molecule has 0 fully saturated rings. The smallest absolute Gasteiger partial charge is 0.205 e. The average molecular weight is 407 g/mol. The van der Waals surface area contributed by atoms with Gasteiger partial charge < -0.3 is 4.90 Å². The summed E-state index contributed by atoms with van der Waals surface area (Å²) in [6.07, 6.45) is 5.69. The van der Waals surface area contributed by atoms with Crippen LogP contribution >= 0.6 is 11.8 Å². The fourth-order valence-electron chi connectivity index (χ4n) is 3.74. The summed E-state index contributed by atoms with van der Waals surface area (Å²) in [6.45, 7) is 6.33. The number of aromatic nitrogens is 4. The van der Waals surface area contributed by atoms with Gasteiger partial charge in [0.15, 0.2) is 0 Å². The van der Waals surface area contributed by atoms with Gasteiger partial charge in [-0.3, -0.25) is 4.90 Å². The minimum atomic E-state index is 0.615. The van der Waals surface area contributed by atoms with Crippen LogP contribution in [0.1, 0.15) is 18.9 Å². The number of benzene rings is 2. The number of aromatic amines is 1. The van der Waals surface area contributed by atoms with Gasteiger partial charge in [-0.1, -0.05) is 55.5 Å². The highest BCUT2D eigenvalue weighted by Gasteiger charge is 2.18. The maximum atomic E-state index is 4.14. The topological polar surface area (TPSA) is 60.9 Å². The Labute approximate surface area is 176 Å². The fraction of sp³-hybridized carbons (Fsp3) is 0.318. The van der Waals surface area contributed by atoms with Crippen LogP contribution in [-0.4, -0.2) is 56.4 Å². The van der Waals surface area contributed by atoms with Crippen LogP contribution in [0.4, 0.5) is 0 Å². The van der Waals surface area contributed by atoms with Gasteiger partial charge in [0.1, 0.15) is 0 Å². The van der Waals surface area contributed by atoms with E-state index >= 15 is 0 Å². The molecular weight excluding hydrogens is 380 g/mol. The molecule has 2 heterocycles. The predicted molar refractivity (Wildman–Crippen MR) is 119 cm³/mol. The van der Waals surface area contributed by atoms with Gasteiger partial charge >= 0.3 is 0 Å². The first-order chi connectivity index (χ1) is 14.3. The molecular formula is C22H26N6S. The third-order valence-electron chi connectivity index (χ3n) is 5.11. The van der Waals surface area contributed by atoms with Crippen molar-refractivity contribution in [3.8, 4) is 22.5 Å². The molecule has 6 nitrogen and oxygen atoms in total. The molecule has 3 aromatic rings. The zero-order valence-electron chi connectivity index (χ0n) is 16.9. The standard InChI is InChI=1S/C22H26N6S/c1-3-13-27-14-12-21(29-2)28(16-27)15-17-8-10-18(11-9-17)19-6-4-5-7-20(19)22-23-25-26-24-22/h4-12H,3,13-16H2,1-2H3,(H,23,24,25,26). The molecule has 0 saturated heterocycles. The van der Waals surface area contributed by atoms with Gasteiger partial charge in [0.2, 0.25) is 5.82 Å². The number of rotatable bonds is 7. The molecule has 1 aliphatic heterocycles. The zero-order valence-corrected chi connectivity index (χ0v) is 17.7. The molecule has 0 bridgehead atoms. The molecule has 1 aromatic heterocycles. The van der Waals surface area contributed by atoms with Gasteiger partial charge in [0, 0.05) is 18.7 Å². The maximum absolute atomic E-state index is 4.14. The number of hydrogen-bond acceptors (Lipinski definition) is 6. The molecule has 0 aliphatic carbocycles. The Bertz CT molecular complexity index is 952. The summed E-state index contributed by atoms with van der Waals surface area (Å²) in [7, 11) is 0. The van der Waals surface area contributed by atoms with Crippen molar-refractivity contribution in [1.29, 1.82) is 0 Å². The van der Waals surface area contributed by atoms with E-state index in [4.69, 9.17) is 0 Å². The second-order valence-corrected chi connectivity index (χ2v) is 7.97. The second-order valence-electron chi connectivity index (χ2n) is 7.14. The lowest BCUT2D eigenvalue weighted by molar-refractivity contribution is 0.160. The highest BCUT2D eigenvalue weighted by molar-refractivity contribution is 8.02. The van der Waals surface area contributed by atoms with Gasteiger partial charge in [0.25, 0.3) is 0 Å². The van der Waals surface area contributed by atoms with E-state index in [1.54, 1.807) is 0 Å². The molecule has 0 atom stereocenters. The van der Waals surface area contributed by atoms with Crippen LogP contribution in [0.15, 0.2) is 59.6 Å². The lowest BCUT2D eigenvalue weighted by atomic mass is 9.98. The van der Waals surface area contributed by atoms with Crippen molar-refractivity contribution < 1.29 is 0 Å². The number of tetrazole rings is 1. The monoisotopic (exact) mass is 406 g/mol. The Morgan fingerprint density at radius 2 is 1.86 bits per heavy atom. The van der Waals surface area contributed by atoms with E-state index in [2.05, 4.69) is 80.0 Å². The molecule has 1 aliphatic rings. The number of nitrogens with zero attached hydrogens (tertiary/aromatic N) is 5. The van der Waals surface area contributed by atoms with E-state index in [1.165, 1.54) is 17.0 Å². The van der Waals surface area contributed by atoms with Crippen molar-refractivity contribution in [2.75, 3.05) is 26.0 Å². The van der Waals surface area contributed by atoms with Crippen molar-refractivity contribution in [1.82, 2.24) is 30.4 Å². The molecule has 0 amide bonds. The Morgan fingerprint density at radius 3 is 2.55 bits per heavy atom. The molecule has 4 rings (SSSR count). The molecule has 2 aromatic carbocycles. The Balaban J connectivity index is 1.53. The van der Waals surface area contributed by atoms with Crippen molar-refractivity contribution in [2.24, 2.45) is 0 Å². The normalized spacial score (nSPS) is 14.8. The number of thioether (sulfide) groups is 1. The van der Waals surface area contributed by atoms with E-state index in [0.717, 1.165) is 43.0 Å². The summed E-state index contributed by atoms with van der Waals surface area (Å²) in [6, 6.07) is 17.0. The van der Waals surface area contributed by atoms with Gasteiger partial charge in [0.05, 0.1) is 11.7 Å². The van der Waals surface area contributed by atoms with Crippen LogP contribution in [-0.2, 0) is 6.54 Å². The maximum Gasteiger partial charge on any atom is 0.205 e. The van der Waals surface area contributed by atoms with Gasteiger partial charge in [-0.05, 0) is 47.2 Å². The molecule has 0 saturated carbocycles. The third-order valence-corrected chi connectivity index (χ3v) is 5.95. The van der Waals surface area contributed by atoms with E-state index < -0.39 is 0 Å². The summed E-state index contributed by atoms with van der Waals surface area (Å²) in [4.78, 5) is 4.96. The van der Waals surface area contributed by atoms with Crippen LogP contribution in [0, 0.1) is 0 Å². The molecule has 0 spiro atoms. The predicted octanol–water partition coefficient (Wildman–Crippen LogP) is 4.22. The molecule has 0 unspecified atom stereocenters. The highest BCUT2D eigenvalue weighted by Crippen LogP contribution is 2.30. The number of nitrogens with one attached hydrogen (secondary N) is 1. The molecule has 7 heteroatoms. The average Bonchev–Trinajstić information content (AvgIpc) is 3.30. The van der Waals surface area contributed by atoms with Crippen LogP contribution in [0.3, 0.4) is 0 Å².